The fourth-order valence-electron chi connectivity index (χ4n) is 2.05. The van der Waals surface area contributed by atoms with Crippen LogP contribution in [0.3, 0.4) is 0 Å². The second kappa shape index (κ2) is 4.44. The first-order chi connectivity index (χ1) is 9.20. The van der Waals surface area contributed by atoms with Crippen molar-refractivity contribution in [2.75, 3.05) is 11.5 Å². The number of methoxy groups -OCH3 is 1. The molecular formula is C13H10ClN3O2. The van der Waals surface area contributed by atoms with Crippen molar-refractivity contribution in [1.29, 1.82) is 0 Å². The third-order valence-corrected chi connectivity index (χ3v) is 3.25. The molecule has 0 aromatic heterocycles. The molecule has 19 heavy (non-hydrogen) atoms. The number of hydrogen-bond acceptors (Lipinski definition) is 5. The Morgan fingerprint density at radius 3 is 3.11 bits per heavy atom. The van der Waals surface area contributed by atoms with E-state index in [1.165, 1.54) is 11.5 Å². The maximum Gasteiger partial charge on any atom is 0.337 e. The van der Waals surface area contributed by atoms with E-state index in [-0.39, 0.29) is 0 Å². The lowest BCUT2D eigenvalue weighted by atomic mass is 9.97. The van der Waals surface area contributed by atoms with Gasteiger partial charge in [-0.1, -0.05) is 6.07 Å². The van der Waals surface area contributed by atoms with Gasteiger partial charge in [-0.2, -0.15) is 0 Å². The van der Waals surface area contributed by atoms with Crippen LogP contribution in [0, 0.1) is 0 Å². The fourth-order valence-corrected chi connectivity index (χ4v) is 2.29. The van der Waals surface area contributed by atoms with E-state index in [0.29, 0.717) is 5.56 Å². The maximum absolute atomic E-state index is 11.5. The minimum atomic E-state index is -0.392. The second-order valence-electron chi connectivity index (χ2n) is 4.04. The Hall–Kier alpha value is -2.27. The van der Waals surface area contributed by atoms with Gasteiger partial charge in [0.1, 0.15) is 0 Å². The molecule has 0 fully saturated rings. The molecule has 0 radical (unpaired) electrons. The van der Waals surface area contributed by atoms with Crippen molar-refractivity contribution in [1.82, 2.24) is 5.32 Å². The van der Waals surface area contributed by atoms with Crippen LogP contribution in [0.4, 0.5) is 5.69 Å². The summed E-state index contributed by atoms with van der Waals surface area (Å²) in [5, 5.41) is 3.02. The summed E-state index contributed by atoms with van der Waals surface area (Å²) >= 11 is 6.18. The highest BCUT2D eigenvalue weighted by Gasteiger charge is 2.23. The van der Waals surface area contributed by atoms with Gasteiger partial charge in [-0.25, -0.2) is 9.79 Å². The number of benzene rings is 1. The number of aliphatic imine (C=N–C) groups is 1. The summed E-state index contributed by atoms with van der Waals surface area (Å²) in [5.41, 5.74) is 3.88. The average molecular weight is 276 g/mol. The minimum absolute atomic E-state index is 0.392. The first-order valence-corrected chi connectivity index (χ1v) is 5.93. The number of nitrogens with zero attached hydrogens (tertiary/aromatic N) is 2. The summed E-state index contributed by atoms with van der Waals surface area (Å²) < 4.78 is 6.15. The van der Waals surface area contributed by atoms with Gasteiger partial charge in [-0.3, -0.25) is 4.42 Å². The van der Waals surface area contributed by atoms with Crippen molar-refractivity contribution in [2.45, 2.75) is 0 Å². The molecule has 1 aromatic rings. The molecule has 3 rings (SSSR count). The van der Waals surface area contributed by atoms with Crippen LogP contribution in [0.25, 0.3) is 5.57 Å². The largest absolute Gasteiger partial charge is 0.465 e. The highest BCUT2D eigenvalue weighted by Crippen LogP contribution is 2.38. The van der Waals surface area contributed by atoms with Gasteiger partial charge in [0.15, 0.2) is 0 Å². The van der Waals surface area contributed by atoms with E-state index in [1.807, 2.05) is 6.07 Å². The molecule has 1 N–H and O–H groups in total. The third-order valence-electron chi connectivity index (χ3n) is 2.97. The van der Waals surface area contributed by atoms with Crippen LogP contribution < -0.4 is 9.74 Å². The van der Waals surface area contributed by atoms with Gasteiger partial charge in [-0.15, -0.1) is 0 Å². The normalized spacial score (nSPS) is 15.8. The zero-order valence-electron chi connectivity index (χ0n) is 10.1. The van der Waals surface area contributed by atoms with Crippen molar-refractivity contribution < 1.29 is 9.53 Å². The molecule has 0 unspecified atom stereocenters. The third kappa shape index (κ3) is 1.88. The monoisotopic (exact) mass is 275 g/mol. The number of halogens is 1. The maximum atomic E-state index is 11.5. The van der Waals surface area contributed by atoms with Gasteiger partial charge < -0.3 is 10.1 Å². The first kappa shape index (κ1) is 11.8. The molecule has 0 aliphatic carbocycles. The molecule has 5 nitrogen and oxygen atoms in total. The van der Waals surface area contributed by atoms with Crippen LogP contribution in [0.15, 0.2) is 41.3 Å². The molecule has 2 heterocycles. The van der Waals surface area contributed by atoms with Crippen LogP contribution >= 0.6 is 11.8 Å². The minimum Gasteiger partial charge on any atom is -0.465 e. The summed E-state index contributed by atoms with van der Waals surface area (Å²) in [6.45, 7) is 0. The van der Waals surface area contributed by atoms with Gasteiger partial charge in [0.25, 0.3) is 0 Å². The van der Waals surface area contributed by atoms with E-state index in [1.54, 1.807) is 30.9 Å². The van der Waals surface area contributed by atoms with Crippen molar-refractivity contribution in [2.24, 2.45) is 4.99 Å². The summed E-state index contributed by atoms with van der Waals surface area (Å²) in [7, 11) is 1.35. The molecule has 0 bridgehead atoms. The quantitative estimate of drug-likeness (QED) is 0.631. The van der Waals surface area contributed by atoms with E-state index >= 15 is 0 Å². The standard InChI is InChI=1S/C13H10ClN3O2/c1-19-13(18)8-2-3-9-10-5-15-7-16-11(10)6-17(14)12(9)4-8/h2-7H,1H3,(H,15,16). The number of ether oxygens (including phenoxy) is 1. The SMILES string of the molecule is COC(=O)c1ccc2c(c1)N(Cl)C=C1NC=NC=C12. The Morgan fingerprint density at radius 2 is 2.32 bits per heavy atom. The predicted octanol–water partition coefficient (Wildman–Crippen LogP) is 2.26. The van der Waals surface area contributed by atoms with Crippen LogP contribution in [0.5, 0.6) is 0 Å². The molecular weight excluding hydrogens is 266 g/mol. The van der Waals surface area contributed by atoms with Crippen molar-refractivity contribution in [3.63, 3.8) is 0 Å². The molecule has 6 heteroatoms. The summed E-state index contributed by atoms with van der Waals surface area (Å²) in [4.78, 5) is 15.6. The number of hydrogen-bond donors (Lipinski definition) is 1. The van der Waals surface area contributed by atoms with Crippen LogP contribution in [-0.4, -0.2) is 19.4 Å². The zero-order valence-corrected chi connectivity index (χ0v) is 10.8. The Bertz CT molecular complexity index is 649. The van der Waals surface area contributed by atoms with E-state index < -0.39 is 5.97 Å². The topological polar surface area (TPSA) is 53.9 Å². The van der Waals surface area contributed by atoms with Gasteiger partial charge in [0.05, 0.1) is 30.4 Å². The van der Waals surface area contributed by atoms with Gasteiger partial charge in [-0.05, 0) is 12.1 Å². The Balaban J connectivity index is 2.13. The van der Waals surface area contributed by atoms with Gasteiger partial charge >= 0.3 is 5.97 Å². The molecule has 0 spiro atoms. The predicted molar refractivity (Wildman–Crippen MR) is 73.8 cm³/mol. The molecule has 0 atom stereocenters. The number of anilines is 1. The Labute approximate surface area is 114 Å². The number of fused-ring (bicyclic) bond motifs is 3. The lowest BCUT2D eigenvalue weighted by molar-refractivity contribution is 0.0601. The molecule has 96 valence electrons. The zero-order chi connectivity index (χ0) is 13.4. The van der Waals surface area contributed by atoms with Crippen molar-refractivity contribution in [3.8, 4) is 0 Å². The van der Waals surface area contributed by atoms with Gasteiger partial charge in [0.2, 0.25) is 0 Å². The molecule has 1 aromatic carbocycles. The van der Waals surface area contributed by atoms with E-state index in [2.05, 4.69) is 10.3 Å². The number of carbonyl (C=O) groups excluding carboxylic acids is 1. The van der Waals surface area contributed by atoms with Gasteiger partial charge in [0, 0.05) is 35.3 Å². The Morgan fingerprint density at radius 1 is 1.47 bits per heavy atom. The summed E-state index contributed by atoms with van der Waals surface area (Å²) in [6, 6.07) is 5.23. The number of allylic oxidation sites excluding steroid dienone is 1. The smallest absolute Gasteiger partial charge is 0.337 e. The van der Waals surface area contributed by atoms with Crippen molar-refractivity contribution in [3.05, 3.63) is 47.4 Å². The van der Waals surface area contributed by atoms with E-state index in [0.717, 1.165) is 22.5 Å². The van der Waals surface area contributed by atoms with Crippen LogP contribution in [-0.2, 0) is 4.74 Å². The molecule has 0 amide bonds. The lowest BCUT2D eigenvalue weighted by Crippen LogP contribution is -2.22. The number of nitrogens with one attached hydrogen (secondary N) is 1. The molecule has 2 aliphatic heterocycles. The summed E-state index contributed by atoms with van der Waals surface area (Å²) in [5.74, 6) is -0.392. The number of esters is 1. The fraction of sp³-hybridized carbons (Fsp3) is 0.0769. The van der Waals surface area contributed by atoms with Crippen LogP contribution in [0.2, 0.25) is 0 Å². The van der Waals surface area contributed by atoms with Crippen molar-refractivity contribution >= 4 is 35.3 Å². The highest BCUT2D eigenvalue weighted by molar-refractivity contribution is 6.28. The molecule has 0 saturated heterocycles. The Kier molecular flexibility index (Phi) is 2.76. The number of rotatable bonds is 1. The molecule has 2 aliphatic rings. The second-order valence-corrected chi connectivity index (χ2v) is 4.41. The molecule has 0 saturated carbocycles. The van der Waals surface area contributed by atoms with Crippen LogP contribution in [0.1, 0.15) is 15.9 Å². The lowest BCUT2D eigenvalue weighted by Gasteiger charge is -2.27. The average Bonchev–Trinajstić information content (AvgIpc) is 2.46. The van der Waals surface area contributed by atoms with E-state index in [9.17, 15) is 4.79 Å². The summed E-state index contributed by atoms with van der Waals surface area (Å²) in [6.07, 6.45) is 5.08. The number of carbonyl (C=O) groups is 1. The highest BCUT2D eigenvalue weighted by atomic mass is 35.5. The first-order valence-electron chi connectivity index (χ1n) is 5.59. The van der Waals surface area contributed by atoms with E-state index in [4.69, 9.17) is 16.5 Å².